The highest BCUT2D eigenvalue weighted by Gasteiger charge is 2.40. The molecule has 2 aromatic rings. The third-order valence-corrected chi connectivity index (χ3v) is 6.40. The molecule has 0 fully saturated rings. The number of nitro groups is 1. The third kappa shape index (κ3) is 6.01. The van der Waals surface area contributed by atoms with E-state index in [-0.39, 0.29) is 11.4 Å². The van der Waals surface area contributed by atoms with Gasteiger partial charge < -0.3 is 19.1 Å². The standard InChI is InChI=1S/C20H26FN2O6P/c1-13(2)28-30(26,29-14(3)4)20(15-6-8-16(21)9-7-15)22-18-11-10-17(27-5)12-19(18)23(24)25/h6-14,20,22H,1-5H3. The molecule has 1 atom stereocenters. The van der Waals surface area contributed by atoms with Crippen LogP contribution in [-0.4, -0.2) is 24.2 Å². The average Bonchev–Trinajstić information content (AvgIpc) is 2.65. The van der Waals surface area contributed by atoms with Gasteiger partial charge in [-0.05, 0) is 57.5 Å². The lowest BCUT2D eigenvalue weighted by atomic mass is 10.2. The smallest absolute Gasteiger partial charge is 0.357 e. The molecule has 0 saturated carbocycles. The predicted octanol–water partition coefficient (Wildman–Crippen LogP) is 5.90. The first-order valence-electron chi connectivity index (χ1n) is 9.36. The molecular weight excluding hydrogens is 414 g/mol. The van der Waals surface area contributed by atoms with Gasteiger partial charge in [-0.3, -0.25) is 14.7 Å². The largest absolute Gasteiger partial charge is 0.496 e. The fraction of sp³-hybridized carbons (Fsp3) is 0.400. The monoisotopic (exact) mass is 440 g/mol. The van der Waals surface area contributed by atoms with Gasteiger partial charge >= 0.3 is 7.60 Å². The summed E-state index contributed by atoms with van der Waals surface area (Å²) in [5.74, 6) is -1.29. The van der Waals surface area contributed by atoms with Crippen LogP contribution in [0.3, 0.4) is 0 Å². The van der Waals surface area contributed by atoms with Gasteiger partial charge in [0.15, 0.2) is 5.78 Å². The summed E-state index contributed by atoms with van der Waals surface area (Å²) in [6.07, 6.45) is -0.907. The zero-order valence-corrected chi connectivity index (χ0v) is 18.4. The highest BCUT2D eigenvalue weighted by molar-refractivity contribution is 7.54. The van der Waals surface area contributed by atoms with E-state index in [2.05, 4.69) is 5.32 Å². The van der Waals surface area contributed by atoms with Gasteiger partial charge in [0.1, 0.15) is 17.3 Å². The molecule has 164 valence electrons. The number of hydrogen-bond acceptors (Lipinski definition) is 7. The van der Waals surface area contributed by atoms with Crippen molar-refractivity contribution in [3.8, 4) is 5.75 Å². The lowest BCUT2D eigenvalue weighted by Gasteiger charge is -2.31. The van der Waals surface area contributed by atoms with E-state index in [1.165, 1.54) is 49.6 Å². The number of benzene rings is 2. The molecule has 1 N–H and O–H groups in total. The Hall–Kier alpha value is -2.48. The second-order valence-corrected chi connectivity index (χ2v) is 9.10. The van der Waals surface area contributed by atoms with E-state index in [9.17, 15) is 19.1 Å². The summed E-state index contributed by atoms with van der Waals surface area (Å²) in [7, 11) is -2.50. The minimum Gasteiger partial charge on any atom is -0.496 e. The molecule has 0 aliphatic carbocycles. The number of nitro benzene ring substituents is 1. The van der Waals surface area contributed by atoms with Crippen molar-refractivity contribution in [1.82, 2.24) is 0 Å². The van der Waals surface area contributed by atoms with Gasteiger partial charge in [-0.1, -0.05) is 12.1 Å². The summed E-state index contributed by atoms with van der Waals surface area (Å²) in [6, 6.07) is 9.52. The summed E-state index contributed by atoms with van der Waals surface area (Å²) in [6.45, 7) is 6.81. The van der Waals surface area contributed by atoms with E-state index in [1.54, 1.807) is 27.7 Å². The van der Waals surface area contributed by atoms with Crippen LogP contribution in [0.4, 0.5) is 15.8 Å². The molecule has 30 heavy (non-hydrogen) atoms. The Balaban J connectivity index is 2.61. The number of ether oxygens (including phenoxy) is 1. The van der Waals surface area contributed by atoms with Crippen LogP contribution in [0.2, 0.25) is 0 Å². The molecule has 10 heteroatoms. The predicted molar refractivity (Wildman–Crippen MR) is 112 cm³/mol. The topological polar surface area (TPSA) is 99.9 Å². The normalized spacial score (nSPS) is 12.8. The molecule has 0 aliphatic rings. The Morgan fingerprint density at radius 1 is 1.03 bits per heavy atom. The molecule has 0 radical (unpaired) electrons. The van der Waals surface area contributed by atoms with Crippen LogP contribution >= 0.6 is 7.60 Å². The molecule has 8 nitrogen and oxygen atoms in total. The molecule has 0 saturated heterocycles. The second-order valence-electron chi connectivity index (χ2n) is 7.09. The van der Waals surface area contributed by atoms with Crippen LogP contribution in [-0.2, 0) is 13.6 Å². The van der Waals surface area contributed by atoms with E-state index in [0.717, 1.165) is 0 Å². The van der Waals surface area contributed by atoms with Crippen LogP contribution in [0.25, 0.3) is 0 Å². The fourth-order valence-electron chi connectivity index (χ4n) is 2.78. The number of nitrogens with zero attached hydrogens (tertiary/aromatic N) is 1. The van der Waals surface area contributed by atoms with Gasteiger partial charge in [0.05, 0.1) is 30.3 Å². The lowest BCUT2D eigenvalue weighted by Crippen LogP contribution is -2.19. The Labute approximate surface area is 175 Å². The summed E-state index contributed by atoms with van der Waals surface area (Å²) < 4.78 is 43.8. The average molecular weight is 440 g/mol. The molecule has 2 rings (SSSR count). The zero-order chi connectivity index (χ0) is 22.5. The number of halogens is 1. The van der Waals surface area contributed by atoms with Crippen molar-refractivity contribution in [2.24, 2.45) is 0 Å². The molecule has 2 aromatic carbocycles. The van der Waals surface area contributed by atoms with Crippen molar-refractivity contribution in [3.05, 3.63) is 64.0 Å². The first-order chi connectivity index (χ1) is 14.1. The molecule has 1 unspecified atom stereocenters. The quantitative estimate of drug-likeness (QED) is 0.279. The Kier molecular flexibility index (Phi) is 7.95. The number of methoxy groups -OCH3 is 1. The third-order valence-electron chi connectivity index (χ3n) is 3.91. The van der Waals surface area contributed by atoms with E-state index >= 15 is 0 Å². The van der Waals surface area contributed by atoms with Crippen molar-refractivity contribution in [3.63, 3.8) is 0 Å². The molecule has 0 amide bonds. The first-order valence-corrected chi connectivity index (χ1v) is 11.0. The number of hydrogen-bond donors (Lipinski definition) is 1. The maximum absolute atomic E-state index is 13.8. The zero-order valence-electron chi connectivity index (χ0n) is 17.5. The molecule has 0 aliphatic heterocycles. The van der Waals surface area contributed by atoms with E-state index in [0.29, 0.717) is 11.3 Å². The number of rotatable bonds is 10. The van der Waals surface area contributed by atoms with Crippen LogP contribution in [0.15, 0.2) is 42.5 Å². The minimum atomic E-state index is -3.90. The molecule has 0 aromatic heterocycles. The highest BCUT2D eigenvalue weighted by Crippen LogP contribution is 2.62. The van der Waals surface area contributed by atoms with Gasteiger partial charge in [0.25, 0.3) is 5.69 Å². The first kappa shape index (κ1) is 23.8. The molecule has 0 bridgehead atoms. The Morgan fingerprint density at radius 2 is 1.60 bits per heavy atom. The Bertz CT molecular complexity index is 906. The van der Waals surface area contributed by atoms with Crippen molar-refractivity contribution < 1.29 is 27.7 Å². The maximum atomic E-state index is 13.8. The van der Waals surface area contributed by atoms with Crippen molar-refractivity contribution in [2.75, 3.05) is 12.4 Å². The molecule has 0 spiro atoms. The molecule has 0 heterocycles. The van der Waals surface area contributed by atoms with E-state index in [1.807, 2.05) is 0 Å². The van der Waals surface area contributed by atoms with Gasteiger partial charge in [-0.25, -0.2) is 4.39 Å². The summed E-state index contributed by atoms with van der Waals surface area (Å²) >= 11 is 0. The van der Waals surface area contributed by atoms with Gasteiger partial charge in [-0.15, -0.1) is 0 Å². The van der Waals surface area contributed by atoms with E-state index < -0.39 is 36.3 Å². The molecular formula is C20H26FN2O6P. The van der Waals surface area contributed by atoms with Crippen molar-refractivity contribution in [2.45, 2.75) is 45.7 Å². The van der Waals surface area contributed by atoms with Crippen molar-refractivity contribution in [1.29, 1.82) is 0 Å². The SMILES string of the molecule is COc1ccc(NC(c2ccc(F)cc2)P(=O)(OC(C)C)OC(C)C)c([N+](=O)[O-])c1. The van der Waals surface area contributed by atoms with Crippen molar-refractivity contribution >= 4 is 19.0 Å². The summed E-state index contributed by atoms with van der Waals surface area (Å²) in [5, 5.41) is 14.5. The summed E-state index contributed by atoms with van der Waals surface area (Å²) in [4.78, 5) is 11.0. The Morgan fingerprint density at radius 3 is 2.07 bits per heavy atom. The van der Waals surface area contributed by atoms with Crippen LogP contribution in [0.5, 0.6) is 5.75 Å². The minimum absolute atomic E-state index is 0.0927. The number of anilines is 1. The summed E-state index contributed by atoms with van der Waals surface area (Å²) in [5.41, 5.74) is 0.211. The van der Waals surface area contributed by atoms with Crippen LogP contribution < -0.4 is 10.1 Å². The second kappa shape index (κ2) is 10.0. The van der Waals surface area contributed by atoms with Gasteiger partial charge in [0.2, 0.25) is 0 Å². The van der Waals surface area contributed by atoms with Gasteiger partial charge in [0, 0.05) is 0 Å². The maximum Gasteiger partial charge on any atom is 0.357 e. The van der Waals surface area contributed by atoms with Gasteiger partial charge in [-0.2, -0.15) is 0 Å². The van der Waals surface area contributed by atoms with E-state index in [4.69, 9.17) is 13.8 Å². The van der Waals surface area contributed by atoms with Crippen LogP contribution in [0.1, 0.15) is 39.0 Å². The van der Waals surface area contributed by atoms with Crippen LogP contribution in [0, 0.1) is 15.9 Å². The highest BCUT2D eigenvalue weighted by atomic mass is 31.2. The lowest BCUT2D eigenvalue weighted by molar-refractivity contribution is -0.384. The fourth-order valence-corrected chi connectivity index (χ4v) is 5.09. The number of nitrogens with one attached hydrogen (secondary N) is 1.